The largest absolute Gasteiger partial charge is 0.507 e. The topological polar surface area (TPSA) is 127 Å². The highest BCUT2D eigenvalue weighted by atomic mass is 16.5. The van der Waals surface area contributed by atoms with Gasteiger partial charge in [0.2, 0.25) is 5.78 Å². The van der Waals surface area contributed by atoms with E-state index in [1.807, 2.05) is 26.8 Å². The minimum Gasteiger partial charge on any atom is -0.507 e. The predicted octanol–water partition coefficient (Wildman–Crippen LogP) is 4.42. The molecule has 32 heavy (non-hydrogen) atoms. The summed E-state index contributed by atoms with van der Waals surface area (Å²) in [5.41, 5.74) is 2.55. The summed E-state index contributed by atoms with van der Waals surface area (Å²) < 4.78 is 5.71. The lowest BCUT2D eigenvalue weighted by Gasteiger charge is -2.31. The molecule has 2 aromatic carbocycles. The van der Waals surface area contributed by atoms with Crippen molar-refractivity contribution in [3.8, 4) is 28.7 Å². The van der Waals surface area contributed by atoms with Gasteiger partial charge in [0.05, 0.1) is 0 Å². The van der Waals surface area contributed by atoms with Crippen molar-refractivity contribution in [2.45, 2.75) is 52.2 Å². The van der Waals surface area contributed by atoms with Crippen LogP contribution < -0.4 is 4.74 Å². The maximum atomic E-state index is 12.9. The number of aliphatic hydroxyl groups is 1. The lowest BCUT2D eigenvalue weighted by Crippen LogP contribution is -2.36. The van der Waals surface area contributed by atoms with Gasteiger partial charge in [0.25, 0.3) is 0 Å². The molecule has 1 heterocycles. The number of carbonyl (C=O) groups excluding carboxylic acids is 1. The highest BCUT2D eigenvalue weighted by molar-refractivity contribution is 6.06. The molecule has 3 rings (SSSR count). The van der Waals surface area contributed by atoms with Gasteiger partial charge in [-0.2, -0.15) is 0 Å². The Balaban J connectivity index is 1.89. The molecule has 0 aliphatic carbocycles. The van der Waals surface area contributed by atoms with Crippen LogP contribution in [-0.4, -0.2) is 37.4 Å². The van der Waals surface area contributed by atoms with Crippen molar-refractivity contribution in [1.29, 1.82) is 0 Å². The highest BCUT2D eigenvalue weighted by Gasteiger charge is 2.40. The van der Waals surface area contributed by atoms with E-state index in [-0.39, 0.29) is 40.4 Å². The van der Waals surface area contributed by atoms with E-state index in [0.717, 1.165) is 18.4 Å². The second-order valence-electron chi connectivity index (χ2n) is 8.27. The molecule has 170 valence electrons. The average Bonchev–Trinajstić information content (AvgIpc) is 2.72. The van der Waals surface area contributed by atoms with Crippen molar-refractivity contribution in [2.75, 3.05) is 0 Å². The minimum absolute atomic E-state index is 0.0686. The van der Waals surface area contributed by atoms with Gasteiger partial charge in [-0.15, -0.1) is 0 Å². The molecule has 7 heteroatoms. The molecule has 0 unspecified atom stereocenters. The molecule has 0 bridgehead atoms. The lowest BCUT2D eigenvalue weighted by molar-refractivity contribution is 0.0209. The third-order valence-electron chi connectivity index (χ3n) is 5.48. The molecule has 0 aromatic heterocycles. The van der Waals surface area contributed by atoms with Gasteiger partial charge in [-0.3, -0.25) is 4.79 Å². The summed E-state index contributed by atoms with van der Waals surface area (Å²) in [5.74, 6) is -2.26. The predicted molar refractivity (Wildman–Crippen MR) is 119 cm³/mol. The Hall–Kier alpha value is -3.45. The van der Waals surface area contributed by atoms with Crippen LogP contribution in [0, 0.1) is 0 Å². The van der Waals surface area contributed by atoms with E-state index >= 15 is 0 Å². The molecule has 2 aromatic rings. The summed E-state index contributed by atoms with van der Waals surface area (Å²) >= 11 is 0. The fourth-order valence-electron chi connectivity index (χ4n) is 3.63. The lowest BCUT2D eigenvalue weighted by atomic mass is 9.90. The van der Waals surface area contributed by atoms with Crippen LogP contribution in [0.1, 0.15) is 61.2 Å². The maximum Gasteiger partial charge on any atom is 0.202 e. The molecule has 5 N–H and O–H groups in total. The van der Waals surface area contributed by atoms with E-state index < -0.39 is 29.5 Å². The summed E-state index contributed by atoms with van der Waals surface area (Å²) in [6.45, 7) is 6.02. The SMILES string of the molecule is CC(C)=CCC/C(C)=C/Cc1c(O)cc2c(c1O)C(=O)[C@@H](O)[C@@H](c1ccc(O)c(O)c1)O2. The first kappa shape index (κ1) is 23.2. The van der Waals surface area contributed by atoms with E-state index in [9.17, 15) is 30.3 Å². The van der Waals surface area contributed by atoms with Gasteiger partial charge in [-0.05, 0) is 57.7 Å². The van der Waals surface area contributed by atoms with Crippen LogP contribution in [-0.2, 0) is 6.42 Å². The summed E-state index contributed by atoms with van der Waals surface area (Å²) in [6, 6.07) is 5.04. The normalized spacial score (nSPS) is 18.1. The van der Waals surface area contributed by atoms with Crippen LogP contribution in [0.25, 0.3) is 0 Å². The van der Waals surface area contributed by atoms with Gasteiger partial charge in [0, 0.05) is 11.6 Å². The summed E-state index contributed by atoms with van der Waals surface area (Å²) in [7, 11) is 0. The summed E-state index contributed by atoms with van der Waals surface area (Å²) in [5, 5.41) is 50.9. The summed E-state index contributed by atoms with van der Waals surface area (Å²) in [6.07, 6.45) is 3.13. The first-order chi connectivity index (χ1) is 15.1. The number of hydrogen-bond donors (Lipinski definition) is 5. The number of aromatic hydroxyl groups is 4. The molecule has 0 saturated carbocycles. The number of phenols is 4. The molecular weight excluding hydrogens is 412 g/mol. The van der Waals surface area contributed by atoms with Gasteiger partial charge in [-0.25, -0.2) is 0 Å². The molecule has 2 atom stereocenters. The van der Waals surface area contributed by atoms with Crippen LogP contribution in [0.2, 0.25) is 0 Å². The van der Waals surface area contributed by atoms with E-state index in [1.54, 1.807) is 0 Å². The van der Waals surface area contributed by atoms with Crippen molar-refractivity contribution in [1.82, 2.24) is 0 Å². The van der Waals surface area contributed by atoms with Gasteiger partial charge in [0.1, 0.15) is 22.8 Å². The number of fused-ring (bicyclic) bond motifs is 1. The van der Waals surface area contributed by atoms with Crippen LogP contribution in [0.15, 0.2) is 47.6 Å². The second kappa shape index (κ2) is 9.36. The zero-order chi connectivity index (χ0) is 23.6. The number of carbonyl (C=O) groups is 1. The van der Waals surface area contributed by atoms with Crippen LogP contribution in [0.5, 0.6) is 28.7 Å². The number of hydrogen-bond acceptors (Lipinski definition) is 7. The molecule has 0 saturated heterocycles. The number of rotatable bonds is 6. The molecule has 7 nitrogen and oxygen atoms in total. The van der Waals surface area contributed by atoms with E-state index in [4.69, 9.17) is 4.74 Å². The monoisotopic (exact) mass is 440 g/mol. The van der Waals surface area contributed by atoms with Crippen molar-refractivity contribution in [2.24, 2.45) is 0 Å². The zero-order valence-electron chi connectivity index (χ0n) is 18.3. The number of ether oxygens (including phenoxy) is 1. The van der Waals surface area contributed by atoms with Gasteiger partial charge >= 0.3 is 0 Å². The third kappa shape index (κ3) is 4.73. The van der Waals surface area contributed by atoms with E-state index in [1.165, 1.54) is 29.8 Å². The van der Waals surface area contributed by atoms with Gasteiger partial charge < -0.3 is 30.3 Å². The Bertz CT molecular complexity index is 1090. The van der Waals surface area contributed by atoms with Crippen LogP contribution >= 0.6 is 0 Å². The van der Waals surface area contributed by atoms with Crippen molar-refractivity contribution < 1.29 is 35.1 Å². The van der Waals surface area contributed by atoms with E-state index in [2.05, 4.69) is 6.08 Å². The number of benzene rings is 2. The molecule has 1 aliphatic rings. The molecule has 0 radical (unpaired) electrons. The third-order valence-corrected chi connectivity index (χ3v) is 5.48. The van der Waals surface area contributed by atoms with Crippen LogP contribution in [0.4, 0.5) is 0 Å². The van der Waals surface area contributed by atoms with Crippen molar-refractivity contribution >= 4 is 5.78 Å². The number of phenolic OH excluding ortho intramolecular Hbond substituents is 4. The second-order valence-corrected chi connectivity index (χ2v) is 8.27. The maximum absolute atomic E-state index is 12.9. The molecule has 0 spiro atoms. The Morgan fingerprint density at radius 2 is 1.72 bits per heavy atom. The number of aliphatic hydroxyl groups excluding tert-OH is 1. The van der Waals surface area contributed by atoms with Crippen molar-refractivity contribution in [3.63, 3.8) is 0 Å². The number of Topliss-reactive ketones (excluding diaryl/α,β-unsaturated/α-hetero) is 1. The van der Waals surface area contributed by atoms with Gasteiger partial charge in [-0.1, -0.05) is 29.4 Å². The quantitative estimate of drug-likeness (QED) is 0.332. The highest BCUT2D eigenvalue weighted by Crippen LogP contribution is 2.45. The molecule has 1 aliphatic heterocycles. The minimum atomic E-state index is -1.64. The molecule has 0 fully saturated rings. The first-order valence-corrected chi connectivity index (χ1v) is 10.4. The number of allylic oxidation sites excluding steroid dienone is 4. The molecular formula is C25H28O7. The smallest absolute Gasteiger partial charge is 0.202 e. The van der Waals surface area contributed by atoms with E-state index in [0.29, 0.717) is 0 Å². The summed E-state index contributed by atoms with van der Waals surface area (Å²) in [4.78, 5) is 12.9. The standard InChI is InChI=1S/C25H28O7/c1-13(2)5-4-6-14(3)7-9-16-18(27)12-20-21(22(16)29)23(30)24(31)25(32-20)15-8-10-17(26)19(28)11-15/h5,7-8,10-12,24-29,31H,4,6,9H2,1-3H3/b14-7+/t24-,25-/m1/s1. The Morgan fingerprint density at radius 3 is 2.38 bits per heavy atom. The fourth-order valence-corrected chi connectivity index (χ4v) is 3.63. The first-order valence-electron chi connectivity index (χ1n) is 10.4. The Kier molecular flexibility index (Phi) is 6.79. The van der Waals surface area contributed by atoms with Crippen LogP contribution in [0.3, 0.4) is 0 Å². The molecule has 0 amide bonds. The zero-order valence-corrected chi connectivity index (χ0v) is 18.3. The number of ketones is 1. The van der Waals surface area contributed by atoms with Gasteiger partial charge in [0.15, 0.2) is 23.7 Å². The van der Waals surface area contributed by atoms with Crippen molar-refractivity contribution in [3.05, 3.63) is 64.3 Å². The Morgan fingerprint density at radius 1 is 1.00 bits per heavy atom. The Labute approximate surface area is 186 Å². The average molecular weight is 440 g/mol. The fraction of sp³-hybridized carbons (Fsp3) is 0.320.